The van der Waals surface area contributed by atoms with Gasteiger partial charge in [0, 0.05) is 49.2 Å². The van der Waals surface area contributed by atoms with Crippen molar-refractivity contribution in [2.45, 2.75) is 37.3 Å². The van der Waals surface area contributed by atoms with Gasteiger partial charge in [-0.3, -0.25) is 14.6 Å². The van der Waals surface area contributed by atoms with Crippen molar-refractivity contribution in [3.05, 3.63) is 113 Å². The zero-order chi connectivity index (χ0) is 29.7. The van der Waals surface area contributed by atoms with Crippen LogP contribution >= 0.6 is 11.6 Å². The Bertz CT molecular complexity index is 1300. The van der Waals surface area contributed by atoms with Crippen molar-refractivity contribution < 1.29 is 9.59 Å². The van der Waals surface area contributed by atoms with Gasteiger partial charge in [-0.05, 0) is 54.2 Å². The SMILES string of the molecule is NC(N)=NCCC[C@@H]1N[C@H](CNC(=O)C=Cc2ccc(Cl)cc2)CCN(CC(c2ccccc2)c2ccccc2)C1=O. The molecule has 0 aromatic heterocycles. The summed E-state index contributed by atoms with van der Waals surface area (Å²) in [6, 6.07) is 27.4. The molecule has 0 unspecified atom stereocenters. The van der Waals surface area contributed by atoms with Crippen LogP contribution in [0.4, 0.5) is 0 Å². The van der Waals surface area contributed by atoms with Crippen LogP contribution in [0.1, 0.15) is 41.9 Å². The lowest BCUT2D eigenvalue weighted by Gasteiger charge is -2.29. The number of halogens is 1. The average molecular weight is 587 g/mol. The first-order chi connectivity index (χ1) is 20.4. The molecule has 0 radical (unpaired) electrons. The first-order valence-corrected chi connectivity index (χ1v) is 14.7. The molecule has 6 N–H and O–H groups in total. The number of amides is 2. The molecule has 0 aliphatic carbocycles. The van der Waals surface area contributed by atoms with E-state index in [2.05, 4.69) is 39.9 Å². The zero-order valence-electron chi connectivity index (χ0n) is 23.7. The minimum absolute atomic E-state index is 0.0351. The van der Waals surface area contributed by atoms with Crippen molar-refractivity contribution in [2.75, 3.05) is 26.2 Å². The van der Waals surface area contributed by atoms with Gasteiger partial charge in [0.2, 0.25) is 11.8 Å². The number of rotatable bonds is 12. The predicted molar refractivity (Wildman–Crippen MR) is 170 cm³/mol. The predicted octanol–water partition coefficient (Wildman–Crippen LogP) is 3.91. The number of aliphatic imine (C=N–C) groups is 1. The second-order valence-electron chi connectivity index (χ2n) is 10.4. The number of benzene rings is 3. The average Bonchev–Trinajstić information content (AvgIpc) is 3.15. The molecule has 2 atom stereocenters. The maximum atomic E-state index is 13.9. The van der Waals surface area contributed by atoms with Crippen LogP contribution in [0, 0.1) is 0 Å². The van der Waals surface area contributed by atoms with Crippen molar-refractivity contribution in [3.8, 4) is 0 Å². The summed E-state index contributed by atoms with van der Waals surface area (Å²) in [5, 5.41) is 7.15. The summed E-state index contributed by atoms with van der Waals surface area (Å²) in [6.45, 7) is 1.98. The first-order valence-electron chi connectivity index (χ1n) is 14.3. The Morgan fingerprint density at radius 3 is 2.29 bits per heavy atom. The van der Waals surface area contributed by atoms with Crippen LogP contribution < -0.4 is 22.1 Å². The number of nitrogens with two attached hydrogens (primary N) is 2. The molecule has 42 heavy (non-hydrogen) atoms. The monoisotopic (exact) mass is 586 g/mol. The van der Waals surface area contributed by atoms with Crippen LogP contribution in [-0.4, -0.2) is 60.9 Å². The molecule has 0 spiro atoms. The number of nitrogens with zero attached hydrogens (tertiary/aromatic N) is 2. The zero-order valence-corrected chi connectivity index (χ0v) is 24.4. The molecule has 4 rings (SSSR count). The van der Waals surface area contributed by atoms with Gasteiger partial charge in [0.1, 0.15) is 0 Å². The molecule has 1 heterocycles. The lowest BCUT2D eigenvalue weighted by molar-refractivity contribution is -0.133. The van der Waals surface area contributed by atoms with E-state index in [0.717, 1.165) is 16.7 Å². The summed E-state index contributed by atoms with van der Waals surface area (Å²) in [5.74, 6) is -0.0739. The van der Waals surface area contributed by atoms with Crippen molar-refractivity contribution in [1.29, 1.82) is 0 Å². The lowest BCUT2D eigenvalue weighted by Crippen LogP contribution is -2.49. The Kier molecular flexibility index (Phi) is 11.6. The smallest absolute Gasteiger partial charge is 0.244 e. The van der Waals surface area contributed by atoms with Gasteiger partial charge in [0.25, 0.3) is 0 Å². The number of hydrogen-bond donors (Lipinski definition) is 4. The van der Waals surface area contributed by atoms with Gasteiger partial charge in [0.15, 0.2) is 5.96 Å². The van der Waals surface area contributed by atoms with Crippen LogP contribution in [0.3, 0.4) is 0 Å². The Labute approximate surface area is 252 Å². The van der Waals surface area contributed by atoms with E-state index < -0.39 is 6.04 Å². The quantitative estimate of drug-likeness (QED) is 0.111. The van der Waals surface area contributed by atoms with Crippen molar-refractivity contribution >= 4 is 35.5 Å². The maximum Gasteiger partial charge on any atom is 0.244 e. The summed E-state index contributed by atoms with van der Waals surface area (Å²) in [5.41, 5.74) is 14.2. The molecule has 1 saturated heterocycles. The van der Waals surface area contributed by atoms with Gasteiger partial charge in [-0.2, -0.15) is 0 Å². The molecule has 8 nitrogen and oxygen atoms in total. The van der Waals surface area contributed by atoms with E-state index in [1.807, 2.05) is 53.4 Å². The molecule has 2 amide bonds. The van der Waals surface area contributed by atoms with Crippen LogP contribution in [0.5, 0.6) is 0 Å². The summed E-state index contributed by atoms with van der Waals surface area (Å²) in [7, 11) is 0. The third-order valence-electron chi connectivity index (χ3n) is 7.37. The van der Waals surface area contributed by atoms with Gasteiger partial charge >= 0.3 is 0 Å². The number of carbonyl (C=O) groups is 2. The number of nitrogens with one attached hydrogen (secondary N) is 2. The third-order valence-corrected chi connectivity index (χ3v) is 7.62. The molecule has 1 aliphatic rings. The second-order valence-corrected chi connectivity index (χ2v) is 10.9. The van der Waals surface area contributed by atoms with E-state index in [-0.39, 0.29) is 29.7 Å². The highest BCUT2D eigenvalue weighted by Crippen LogP contribution is 2.27. The van der Waals surface area contributed by atoms with E-state index in [1.165, 1.54) is 6.08 Å². The Morgan fingerprint density at radius 1 is 1.02 bits per heavy atom. The van der Waals surface area contributed by atoms with Gasteiger partial charge in [-0.25, -0.2) is 0 Å². The highest BCUT2D eigenvalue weighted by atomic mass is 35.5. The fourth-order valence-electron chi connectivity index (χ4n) is 5.16. The summed E-state index contributed by atoms with van der Waals surface area (Å²) >= 11 is 5.94. The molecule has 3 aromatic carbocycles. The van der Waals surface area contributed by atoms with Crippen molar-refractivity contribution in [2.24, 2.45) is 16.5 Å². The van der Waals surface area contributed by atoms with E-state index >= 15 is 0 Å². The van der Waals surface area contributed by atoms with Crippen LogP contribution in [0.15, 0.2) is 96.0 Å². The van der Waals surface area contributed by atoms with Crippen molar-refractivity contribution in [3.63, 3.8) is 0 Å². The Balaban J connectivity index is 1.46. The highest BCUT2D eigenvalue weighted by Gasteiger charge is 2.32. The van der Waals surface area contributed by atoms with Gasteiger partial charge in [-0.1, -0.05) is 84.4 Å². The molecule has 220 valence electrons. The third kappa shape index (κ3) is 9.46. The van der Waals surface area contributed by atoms with Gasteiger partial charge in [0.05, 0.1) is 6.04 Å². The summed E-state index contributed by atoms with van der Waals surface area (Å²) in [6.07, 6.45) is 5.19. The molecular formula is C33H39ClN6O2. The molecular weight excluding hydrogens is 548 g/mol. The lowest BCUT2D eigenvalue weighted by atomic mass is 9.90. The second kappa shape index (κ2) is 15.7. The fourth-order valence-corrected chi connectivity index (χ4v) is 5.28. The largest absolute Gasteiger partial charge is 0.370 e. The summed E-state index contributed by atoms with van der Waals surface area (Å²) in [4.78, 5) is 32.5. The normalized spacial score (nSPS) is 17.3. The van der Waals surface area contributed by atoms with Crippen LogP contribution in [0.25, 0.3) is 6.08 Å². The highest BCUT2D eigenvalue weighted by molar-refractivity contribution is 6.30. The molecule has 1 fully saturated rings. The molecule has 0 bridgehead atoms. The van der Waals surface area contributed by atoms with E-state index in [9.17, 15) is 9.59 Å². The maximum absolute atomic E-state index is 13.9. The van der Waals surface area contributed by atoms with Gasteiger partial charge < -0.3 is 27.0 Å². The molecule has 1 aliphatic heterocycles. The van der Waals surface area contributed by atoms with E-state index in [1.54, 1.807) is 18.2 Å². The molecule has 3 aromatic rings. The Hall–Kier alpha value is -4.14. The first kappa shape index (κ1) is 30.8. The number of guanidine groups is 1. The van der Waals surface area contributed by atoms with Gasteiger partial charge in [-0.15, -0.1) is 0 Å². The number of hydrogen-bond acceptors (Lipinski definition) is 4. The number of carbonyl (C=O) groups excluding carboxylic acids is 2. The topological polar surface area (TPSA) is 126 Å². The van der Waals surface area contributed by atoms with Crippen LogP contribution in [0.2, 0.25) is 5.02 Å². The fraction of sp³-hybridized carbons (Fsp3) is 0.303. The molecule has 0 saturated carbocycles. The van der Waals surface area contributed by atoms with E-state index in [0.29, 0.717) is 50.5 Å². The Morgan fingerprint density at radius 2 is 1.67 bits per heavy atom. The van der Waals surface area contributed by atoms with Crippen molar-refractivity contribution in [1.82, 2.24) is 15.5 Å². The standard InChI is InChI=1S/C33H39ClN6O2/c34-27-16-13-24(14-17-27)15-18-31(41)38-22-28-19-21-40(32(42)30(39-28)12-7-20-37-33(35)36)23-29(25-8-3-1-4-9-25)26-10-5-2-6-11-26/h1-6,8-11,13-18,28-30,39H,7,12,19-23H2,(H,38,41)(H4,35,36,37)/t28-,30-/m0/s1. The van der Waals surface area contributed by atoms with E-state index in [4.69, 9.17) is 23.1 Å². The van der Waals surface area contributed by atoms with Crippen LogP contribution in [-0.2, 0) is 9.59 Å². The minimum Gasteiger partial charge on any atom is -0.370 e. The summed E-state index contributed by atoms with van der Waals surface area (Å²) < 4.78 is 0. The molecule has 9 heteroatoms. The minimum atomic E-state index is -0.416.